The normalized spacial score (nSPS) is 18.7. The first-order valence-corrected chi connectivity index (χ1v) is 10.3. The summed E-state index contributed by atoms with van der Waals surface area (Å²) in [7, 11) is -3.80. The van der Waals surface area contributed by atoms with Gasteiger partial charge < -0.3 is 0 Å². The van der Waals surface area contributed by atoms with Crippen molar-refractivity contribution in [1.29, 1.82) is 0 Å². The average molecular weight is 379 g/mol. The van der Waals surface area contributed by atoms with E-state index >= 15 is 0 Å². The van der Waals surface area contributed by atoms with Crippen LogP contribution in [0.5, 0.6) is 0 Å². The first-order chi connectivity index (χ1) is 11.5. The summed E-state index contributed by atoms with van der Waals surface area (Å²) in [5, 5.41) is 1.87. The summed E-state index contributed by atoms with van der Waals surface area (Å²) in [5.74, 6) is -0.230. The van der Waals surface area contributed by atoms with E-state index in [1.54, 1.807) is 24.4 Å². The van der Waals surface area contributed by atoms with Crippen molar-refractivity contribution in [2.45, 2.75) is 11.1 Å². The molecular weight excluding hydrogens is 364 g/mol. The summed E-state index contributed by atoms with van der Waals surface area (Å²) in [6.07, 6.45) is 1.75. The zero-order valence-electron chi connectivity index (χ0n) is 12.7. The zero-order valence-corrected chi connectivity index (χ0v) is 15.2. The second-order valence-electron chi connectivity index (χ2n) is 4.85. The minimum Gasteiger partial charge on any atom is -0.286 e. The third-order valence-electron chi connectivity index (χ3n) is 3.25. The third kappa shape index (κ3) is 3.45. The lowest BCUT2D eigenvalue weighted by Crippen LogP contribution is -2.29. The maximum Gasteiger partial charge on any atom is 0.294 e. The number of thiophene rings is 1. The van der Waals surface area contributed by atoms with Gasteiger partial charge in [-0.1, -0.05) is 36.4 Å². The van der Waals surface area contributed by atoms with Gasteiger partial charge in [-0.05, 0) is 41.8 Å². The van der Waals surface area contributed by atoms with E-state index in [2.05, 4.69) is 4.40 Å². The van der Waals surface area contributed by atoms with Gasteiger partial charge in [0.15, 0.2) is 5.17 Å². The molecule has 1 fully saturated rings. The molecule has 0 saturated carbocycles. The van der Waals surface area contributed by atoms with Crippen LogP contribution in [0.4, 0.5) is 0 Å². The van der Waals surface area contributed by atoms with E-state index < -0.39 is 10.0 Å². The van der Waals surface area contributed by atoms with Crippen molar-refractivity contribution in [2.24, 2.45) is 4.40 Å². The highest BCUT2D eigenvalue weighted by Crippen LogP contribution is 2.33. The number of benzene rings is 1. The number of carbonyl (C=O) groups excluding carboxylic acids is 1. The number of nitrogens with zero attached hydrogens (tertiary/aromatic N) is 2. The van der Waals surface area contributed by atoms with Crippen molar-refractivity contribution in [2.75, 3.05) is 6.54 Å². The second-order valence-corrected chi connectivity index (χ2v) is 8.64. The van der Waals surface area contributed by atoms with Gasteiger partial charge in [0, 0.05) is 6.54 Å². The minimum atomic E-state index is -3.80. The van der Waals surface area contributed by atoms with Crippen molar-refractivity contribution in [3.05, 3.63) is 58.3 Å². The summed E-state index contributed by atoms with van der Waals surface area (Å²) in [6, 6.07) is 12.6. The molecule has 24 heavy (non-hydrogen) atoms. The van der Waals surface area contributed by atoms with Gasteiger partial charge >= 0.3 is 0 Å². The molecule has 2 aromatic rings. The highest BCUT2D eigenvalue weighted by Gasteiger charge is 2.34. The molecule has 124 valence electrons. The summed E-state index contributed by atoms with van der Waals surface area (Å²) in [4.78, 5) is 14.3. The second kappa shape index (κ2) is 6.92. The Morgan fingerprint density at radius 3 is 2.54 bits per heavy atom. The van der Waals surface area contributed by atoms with Crippen LogP contribution in [-0.4, -0.2) is 30.9 Å². The molecule has 1 aromatic carbocycles. The Balaban J connectivity index is 1.96. The van der Waals surface area contributed by atoms with Crippen LogP contribution in [0.3, 0.4) is 0 Å². The maximum atomic E-state index is 12.5. The van der Waals surface area contributed by atoms with E-state index in [0.29, 0.717) is 11.4 Å². The fraction of sp³-hybridized carbons (Fsp3) is 0.125. The van der Waals surface area contributed by atoms with Crippen LogP contribution in [0.15, 0.2) is 61.4 Å². The van der Waals surface area contributed by atoms with E-state index in [-0.39, 0.29) is 15.3 Å². The molecule has 0 spiro atoms. The molecule has 1 aliphatic rings. The molecule has 1 aliphatic heterocycles. The third-order valence-corrected chi connectivity index (χ3v) is 7.01. The van der Waals surface area contributed by atoms with Crippen molar-refractivity contribution in [3.63, 3.8) is 0 Å². The first kappa shape index (κ1) is 16.9. The van der Waals surface area contributed by atoms with Gasteiger partial charge in [0.1, 0.15) is 4.21 Å². The molecule has 0 bridgehead atoms. The number of sulfonamides is 1. The molecule has 0 unspecified atom stereocenters. The summed E-state index contributed by atoms with van der Waals surface area (Å²) >= 11 is 2.19. The van der Waals surface area contributed by atoms with Gasteiger partial charge in [0.2, 0.25) is 0 Å². The van der Waals surface area contributed by atoms with Crippen LogP contribution >= 0.6 is 23.1 Å². The van der Waals surface area contributed by atoms with Crippen molar-refractivity contribution < 1.29 is 13.2 Å². The lowest BCUT2D eigenvalue weighted by Gasteiger charge is -2.11. The first-order valence-electron chi connectivity index (χ1n) is 7.16. The Labute approximate surface area is 148 Å². The molecule has 1 aromatic heterocycles. The smallest absolute Gasteiger partial charge is 0.286 e. The van der Waals surface area contributed by atoms with Crippen LogP contribution in [0, 0.1) is 0 Å². The summed E-state index contributed by atoms with van der Waals surface area (Å²) in [6.45, 7) is 2.15. The predicted molar refractivity (Wildman–Crippen MR) is 98.3 cm³/mol. The van der Waals surface area contributed by atoms with Crippen LogP contribution < -0.4 is 0 Å². The quantitative estimate of drug-likeness (QED) is 0.765. The molecule has 0 radical (unpaired) electrons. The predicted octanol–water partition coefficient (Wildman–Crippen LogP) is 3.43. The van der Waals surface area contributed by atoms with Gasteiger partial charge in [-0.2, -0.15) is 8.42 Å². The monoisotopic (exact) mass is 378 g/mol. The van der Waals surface area contributed by atoms with E-state index in [9.17, 15) is 13.2 Å². The Morgan fingerprint density at radius 1 is 1.17 bits per heavy atom. The largest absolute Gasteiger partial charge is 0.294 e. The lowest BCUT2D eigenvalue weighted by molar-refractivity contribution is -0.122. The number of hydrogen-bond donors (Lipinski definition) is 0. The fourth-order valence-electron chi connectivity index (χ4n) is 2.11. The summed E-state index contributed by atoms with van der Waals surface area (Å²) in [5.41, 5.74) is 0.881. The van der Waals surface area contributed by atoms with Crippen LogP contribution in [0.25, 0.3) is 6.08 Å². The van der Waals surface area contributed by atoms with E-state index in [4.69, 9.17) is 0 Å². The standard InChI is InChI=1S/C16H14N2O3S3/c1-2-18-15(19)13(11-12-7-4-3-5-8-12)23-16(18)17-24(20,21)14-9-6-10-22-14/h3-11H,2H2,1H3/b13-11-,17-16+. The summed E-state index contributed by atoms with van der Waals surface area (Å²) < 4.78 is 28.7. The van der Waals surface area contributed by atoms with Gasteiger partial charge in [-0.3, -0.25) is 9.69 Å². The van der Waals surface area contributed by atoms with Crippen molar-refractivity contribution in [3.8, 4) is 0 Å². The molecule has 8 heteroatoms. The van der Waals surface area contributed by atoms with Crippen molar-refractivity contribution in [1.82, 2.24) is 4.90 Å². The molecule has 0 aliphatic carbocycles. The van der Waals surface area contributed by atoms with Crippen LogP contribution in [0.2, 0.25) is 0 Å². The SMILES string of the molecule is CCN1C(=O)/C(=C/c2ccccc2)S/C1=N/S(=O)(=O)c1cccs1. The minimum absolute atomic E-state index is 0.166. The number of amidine groups is 1. The van der Waals surface area contributed by atoms with Crippen LogP contribution in [-0.2, 0) is 14.8 Å². The molecule has 1 amide bonds. The van der Waals surface area contributed by atoms with Crippen molar-refractivity contribution >= 4 is 50.3 Å². The van der Waals surface area contributed by atoms with E-state index in [1.807, 2.05) is 30.3 Å². The molecular formula is C16H14N2O3S3. The average Bonchev–Trinajstić information content (AvgIpc) is 3.18. The molecule has 0 N–H and O–H groups in total. The number of carbonyl (C=O) groups is 1. The number of amides is 1. The highest BCUT2D eigenvalue weighted by molar-refractivity contribution is 8.19. The Morgan fingerprint density at radius 2 is 1.92 bits per heavy atom. The number of likely N-dealkylation sites (N-methyl/N-ethyl adjacent to an activating group) is 1. The number of thioether (sulfide) groups is 1. The van der Waals surface area contributed by atoms with E-state index in [1.165, 1.54) is 11.0 Å². The fourth-order valence-corrected chi connectivity index (χ4v) is 5.33. The Kier molecular flexibility index (Phi) is 4.88. The van der Waals surface area contributed by atoms with E-state index in [0.717, 1.165) is 28.7 Å². The van der Waals surface area contributed by atoms with Crippen LogP contribution in [0.1, 0.15) is 12.5 Å². The topological polar surface area (TPSA) is 66.8 Å². The highest BCUT2D eigenvalue weighted by atomic mass is 32.2. The molecule has 3 rings (SSSR count). The van der Waals surface area contributed by atoms with Gasteiger partial charge in [-0.25, -0.2) is 0 Å². The molecule has 5 nitrogen and oxygen atoms in total. The number of rotatable bonds is 4. The maximum absolute atomic E-state index is 12.5. The molecule has 1 saturated heterocycles. The van der Waals surface area contributed by atoms with Gasteiger partial charge in [0.05, 0.1) is 4.91 Å². The van der Waals surface area contributed by atoms with Gasteiger partial charge in [-0.15, -0.1) is 15.7 Å². The zero-order chi connectivity index (χ0) is 17.2. The molecule has 2 heterocycles. The van der Waals surface area contributed by atoms with Gasteiger partial charge in [0.25, 0.3) is 15.9 Å². The Hall–Kier alpha value is -1.90. The molecule has 0 atom stereocenters. The lowest BCUT2D eigenvalue weighted by atomic mass is 10.2. The number of hydrogen-bond acceptors (Lipinski definition) is 5. The Bertz CT molecular complexity index is 901.